The van der Waals surface area contributed by atoms with Crippen LogP contribution in [0.5, 0.6) is 5.75 Å². The highest BCUT2D eigenvalue weighted by molar-refractivity contribution is 6.30. The molecular weight excluding hydrogens is 436 g/mol. The normalized spacial score (nSPS) is 25.1. The summed E-state index contributed by atoms with van der Waals surface area (Å²) in [7, 11) is 1.62. The number of hydrogen-bond donors (Lipinski definition) is 1. The predicted octanol–water partition coefficient (Wildman–Crippen LogP) is 5.06. The summed E-state index contributed by atoms with van der Waals surface area (Å²) >= 11 is 5.99. The Labute approximate surface area is 198 Å². The first kappa shape index (κ1) is 22.1. The van der Waals surface area contributed by atoms with Crippen molar-refractivity contribution in [1.29, 1.82) is 0 Å². The number of ketones is 1. The predicted molar refractivity (Wildman–Crippen MR) is 130 cm³/mol. The number of nitrogens with zero attached hydrogens (tertiary/aromatic N) is 2. The van der Waals surface area contributed by atoms with E-state index in [1.165, 1.54) is 0 Å². The number of piperidine rings is 3. The number of aliphatic hydroxyl groups is 1. The van der Waals surface area contributed by atoms with E-state index in [0.29, 0.717) is 44.9 Å². The molecule has 5 nitrogen and oxygen atoms in total. The van der Waals surface area contributed by atoms with Crippen molar-refractivity contribution in [3.63, 3.8) is 0 Å². The van der Waals surface area contributed by atoms with Gasteiger partial charge in [-0.3, -0.25) is 9.69 Å². The van der Waals surface area contributed by atoms with Crippen LogP contribution in [-0.4, -0.2) is 47.0 Å². The van der Waals surface area contributed by atoms with Crippen molar-refractivity contribution in [3.8, 4) is 5.75 Å². The van der Waals surface area contributed by atoms with Gasteiger partial charge >= 0.3 is 0 Å². The van der Waals surface area contributed by atoms with E-state index in [1.54, 1.807) is 37.4 Å². The number of methoxy groups -OCH3 is 1. The Morgan fingerprint density at radius 2 is 2.06 bits per heavy atom. The molecule has 1 N–H and O–H groups in total. The number of pyridine rings is 1. The largest absolute Gasteiger partial charge is 0.497 e. The molecule has 3 aliphatic rings. The molecule has 0 aliphatic carbocycles. The Bertz CT molecular complexity index is 1210. The van der Waals surface area contributed by atoms with Crippen molar-refractivity contribution in [2.75, 3.05) is 20.2 Å². The zero-order valence-corrected chi connectivity index (χ0v) is 19.3. The fourth-order valence-electron chi connectivity index (χ4n) is 5.38. The molecule has 2 aromatic carbocycles. The minimum Gasteiger partial charge on any atom is -0.497 e. The Balaban J connectivity index is 1.58. The molecule has 1 aromatic heterocycles. The molecule has 4 heterocycles. The van der Waals surface area contributed by atoms with Gasteiger partial charge in [0.15, 0.2) is 0 Å². The zero-order chi connectivity index (χ0) is 23.1. The Kier molecular flexibility index (Phi) is 5.95. The molecule has 1 unspecified atom stereocenters. The second kappa shape index (κ2) is 8.90. The number of rotatable bonds is 6. The number of aromatic nitrogens is 1. The molecule has 6 heteroatoms. The molecule has 5 atom stereocenters. The Hall–Kier alpha value is -2.73. The number of carbonyl (C=O) groups is 1. The van der Waals surface area contributed by atoms with Crippen LogP contribution >= 0.6 is 11.6 Å². The summed E-state index contributed by atoms with van der Waals surface area (Å²) < 4.78 is 5.43. The maximum atomic E-state index is 13.3. The Morgan fingerprint density at radius 3 is 2.73 bits per heavy atom. The first-order valence-corrected chi connectivity index (χ1v) is 11.7. The Morgan fingerprint density at radius 1 is 1.27 bits per heavy atom. The van der Waals surface area contributed by atoms with Gasteiger partial charge in [0, 0.05) is 28.6 Å². The molecule has 2 bridgehead atoms. The van der Waals surface area contributed by atoms with Crippen LogP contribution in [0.4, 0.5) is 0 Å². The molecular formula is C27H27ClN2O3. The monoisotopic (exact) mass is 462 g/mol. The molecule has 3 aliphatic heterocycles. The number of fused-ring (bicyclic) bond motifs is 4. The molecule has 6 rings (SSSR count). The highest BCUT2D eigenvalue weighted by Crippen LogP contribution is 2.42. The van der Waals surface area contributed by atoms with E-state index in [-0.39, 0.29) is 11.8 Å². The first-order valence-electron chi connectivity index (χ1n) is 11.3. The summed E-state index contributed by atoms with van der Waals surface area (Å²) in [5.41, 5.74) is 2.19. The lowest BCUT2D eigenvalue weighted by molar-refractivity contribution is -0.0445. The van der Waals surface area contributed by atoms with E-state index in [4.69, 9.17) is 16.3 Å². The van der Waals surface area contributed by atoms with Gasteiger partial charge in [0.25, 0.3) is 0 Å². The third kappa shape index (κ3) is 4.05. The quantitative estimate of drug-likeness (QED) is 0.410. The second-order valence-corrected chi connectivity index (χ2v) is 9.44. The maximum absolute atomic E-state index is 13.3. The summed E-state index contributed by atoms with van der Waals surface area (Å²) in [6.07, 6.45) is 3.35. The van der Waals surface area contributed by atoms with Gasteiger partial charge in [0.2, 0.25) is 5.78 Å². The van der Waals surface area contributed by atoms with Crippen LogP contribution in [0.15, 0.2) is 61.2 Å². The van der Waals surface area contributed by atoms with E-state index in [2.05, 4.69) is 22.5 Å². The van der Waals surface area contributed by atoms with Crippen LogP contribution in [-0.2, 0) is 0 Å². The molecule has 0 amide bonds. The molecule has 3 fully saturated rings. The van der Waals surface area contributed by atoms with Crippen molar-refractivity contribution in [3.05, 3.63) is 83.0 Å². The lowest BCUT2D eigenvalue weighted by Gasteiger charge is -2.50. The van der Waals surface area contributed by atoms with Crippen molar-refractivity contribution in [1.82, 2.24) is 9.88 Å². The average molecular weight is 463 g/mol. The van der Waals surface area contributed by atoms with Gasteiger partial charge in [-0.1, -0.05) is 17.7 Å². The summed E-state index contributed by atoms with van der Waals surface area (Å²) in [5, 5.41) is 13.0. The second-order valence-electron chi connectivity index (χ2n) is 9.01. The summed E-state index contributed by atoms with van der Waals surface area (Å²) in [5.74, 6) is 1.49. The summed E-state index contributed by atoms with van der Waals surface area (Å²) in [6, 6.07) is 14.1. The fourth-order valence-corrected chi connectivity index (χ4v) is 5.51. The average Bonchev–Trinajstić information content (AvgIpc) is 2.87. The van der Waals surface area contributed by atoms with Gasteiger partial charge in [-0.15, -0.1) is 6.58 Å². The van der Waals surface area contributed by atoms with Crippen molar-refractivity contribution in [2.45, 2.75) is 25.0 Å². The van der Waals surface area contributed by atoms with Gasteiger partial charge in [0.05, 0.1) is 18.7 Å². The third-order valence-electron chi connectivity index (χ3n) is 7.22. The minimum atomic E-state index is -0.743. The number of carbonyl (C=O) groups excluding carboxylic acids is 1. The smallest absolute Gasteiger partial charge is 0.211 e. The van der Waals surface area contributed by atoms with Gasteiger partial charge in [0.1, 0.15) is 11.4 Å². The number of halogens is 1. The van der Waals surface area contributed by atoms with E-state index in [9.17, 15) is 9.90 Å². The molecule has 3 aromatic rings. The standard InChI is InChI=1S/C27H27ClN2O3/c1-3-16-15-30-11-10-18(16)12-25(30)27(32)22-14-24(26(31)17-4-6-19(28)7-5-17)29-23-9-8-20(33-2)13-21(22)23/h3-9,13-14,16,18,25,27,32H,1,10-12,15H2,2H3/t16-,18-,25+,27-/m0/s1. The van der Waals surface area contributed by atoms with Crippen molar-refractivity contribution in [2.24, 2.45) is 11.8 Å². The van der Waals surface area contributed by atoms with Crippen LogP contribution in [0, 0.1) is 11.8 Å². The fraction of sp³-hybridized carbons (Fsp3) is 0.333. The van der Waals surface area contributed by atoms with Gasteiger partial charge < -0.3 is 9.84 Å². The van der Waals surface area contributed by atoms with E-state index in [1.807, 2.05) is 18.2 Å². The molecule has 33 heavy (non-hydrogen) atoms. The molecule has 170 valence electrons. The lowest BCUT2D eigenvalue weighted by atomic mass is 9.73. The summed E-state index contributed by atoms with van der Waals surface area (Å²) in [6.45, 7) is 5.89. The van der Waals surface area contributed by atoms with Crippen molar-refractivity contribution >= 4 is 28.3 Å². The SMILES string of the molecule is C=C[C@H]1CN2CC[C@H]1C[C@@H]2[C@@H](O)c1cc(C(=O)c2ccc(Cl)cc2)nc2ccc(OC)cc12. The number of benzene rings is 2. The van der Waals surface area contributed by atoms with Crippen LogP contribution in [0.2, 0.25) is 5.02 Å². The first-order chi connectivity index (χ1) is 16.0. The zero-order valence-electron chi connectivity index (χ0n) is 18.6. The topological polar surface area (TPSA) is 62.7 Å². The van der Waals surface area contributed by atoms with Crippen LogP contribution < -0.4 is 4.74 Å². The summed E-state index contributed by atoms with van der Waals surface area (Å²) in [4.78, 5) is 20.3. The highest BCUT2D eigenvalue weighted by atomic mass is 35.5. The van der Waals surface area contributed by atoms with E-state index >= 15 is 0 Å². The van der Waals surface area contributed by atoms with E-state index < -0.39 is 6.10 Å². The van der Waals surface area contributed by atoms with Gasteiger partial charge in [-0.05, 0) is 85.3 Å². The molecule has 0 saturated carbocycles. The number of aliphatic hydroxyl groups excluding tert-OH is 1. The van der Waals surface area contributed by atoms with Crippen molar-refractivity contribution < 1.29 is 14.6 Å². The van der Waals surface area contributed by atoms with Crippen LogP contribution in [0.1, 0.15) is 40.6 Å². The lowest BCUT2D eigenvalue weighted by Crippen LogP contribution is -2.54. The molecule has 3 saturated heterocycles. The van der Waals surface area contributed by atoms with E-state index in [0.717, 1.165) is 31.3 Å². The van der Waals surface area contributed by atoms with Gasteiger partial charge in [-0.2, -0.15) is 0 Å². The minimum absolute atomic E-state index is 0.00441. The van der Waals surface area contributed by atoms with Crippen LogP contribution in [0.3, 0.4) is 0 Å². The highest BCUT2D eigenvalue weighted by Gasteiger charge is 2.42. The molecule has 0 radical (unpaired) electrons. The maximum Gasteiger partial charge on any atom is 0.211 e. The molecule has 0 spiro atoms. The number of ether oxygens (including phenoxy) is 1. The number of hydrogen-bond acceptors (Lipinski definition) is 5. The third-order valence-corrected chi connectivity index (χ3v) is 7.48. The van der Waals surface area contributed by atoms with Gasteiger partial charge in [-0.25, -0.2) is 4.98 Å². The van der Waals surface area contributed by atoms with Crippen LogP contribution in [0.25, 0.3) is 10.9 Å².